The van der Waals surface area contributed by atoms with E-state index < -0.39 is 0 Å². The Hall–Kier alpha value is 2.17. The molecular formula is C3H9BiCoN2NaO3W-. The maximum absolute atomic E-state index is 3.67. The molecule has 0 aliphatic rings. The van der Waals surface area contributed by atoms with Gasteiger partial charge >= 0.3 is 0 Å². The van der Waals surface area contributed by atoms with Gasteiger partial charge in [0.05, 0.1) is 6.33 Å². The molecule has 1 aromatic rings. The molecule has 71 valence electrons. The van der Waals surface area contributed by atoms with Crippen LogP contribution in [-0.2, 0) is 37.8 Å². The third kappa shape index (κ3) is 29.5. The van der Waals surface area contributed by atoms with Crippen molar-refractivity contribution in [1.82, 2.24) is 9.97 Å². The number of aromatic nitrogens is 2. The Morgan fingerprint density at radius 3 is 1.67 bits per heavy atom. The molecule has 0 saturated heterocycles. The van der Waals surface area contributed by atoms with Gasteiger partial charge in [0.2, 0.25) is 0 Å². The van der Waals surface area contributed by atoms with Gasteiger partial charge in [-0.05, 0) is 0 Å². The van der Waals surface area contributed by atoms with Crippen molar-refractivity contribution < 1.29 is 54.3 Å². The van der Waals surface area contributed by atoms with Gasteiger partial charge < -0.3 is 21.4 Å². The van der Waals surface area contributed by atoms with Gasteiger partial charge in [-0.1, -0.05) is 0 Å². The molecule has 5 nitrogen and oxygen atoms in total. The molecule has 5 radical (unpaired) electrons. The third-order valence-electron chi connectivity index (χ3n) is 0.406. The number of H-pyrrole nitrogens is 1. The van der Waals surface area contributed by atoms with Gasteiger partial charge in [-0.3, -0.25) is 0 Å². The second-order valence-corrected chi connectivity index (χ2v) is 0.761. The first-order valence-electron chi connectivity index (χ1n) is 1.43. The van der Waals surface area contributed by atoms with Gasteiger partial charge in [0.25, 0.3) is 0 Å². The van der Waals surface area contributed by atoms with E-state index in [1.54, 1.807) is 18.7 Å². The smallest absolute Gasteiger partial charge is 0.0919 e. The van der Waals surface area contributed by atoms with Gasteiger partial charge in [-0.15, -0.1) is 0 Å². The molecule has 1 aromatic heterocycles. The van der Waals surface area contributed by atoms with E-state index in [1.165, 1.54) is 0 Å². The fraction of sp³-hybridized carbons (Fsp3) is 0. The minimum absolute atomic E-state index is 0. The van der Waals surface area contributed by atoms with Crippen LogP contribution in [0.5, 0.6) is 0 Å². The van der Waals surface area contributed by atoms with Crippen LogP contribution in [0.1, 0.15) is 0 Å². The molecular weight excluding hydrogens is 587 g/mol. The van der Waals surface area contributed by atoms with Gasteiger partial charge in [-0.25, -0.2) is 4.98 Å². The first-order valence-corrected chi connectivity index (χ1v) is 1.43. The van der Waals surface area contributed by atoms with Crippen molar-refractivity contribution in [2.75, 3.05) is 0 Å². The fourth-order valence-electron chi connectivity index (χ4n) is 0.215. The van der Waals surface area contributed by atoms with Gasteiger partial charge in [0, 0.05) is 106 Å². The van der Waals surface area contributed by atoms with Crippen LogP contribution in [0, 0.1) is 0 Å². The zero-order valence-corrected chi connectivity index (χ0v) is 15.8. The summed E-state index contributed by atoms with van der Waals surface area (Å²) in [6, 6.07) is 0. The first kappa shape index (κ1) is 47.8. The van der Waals surface area contributed by atoms with Crippen molar-refractivity contribution in [3.8, 4) is 0 Å². The summed E-state index contributed by atoms with van der Waals surface area (Å²) in [7, 11) is 0. The van der Waals surface area contributed by atoms with E-state index >= 15 is 0 Å². The summed E-state index contributed by atoms with van der Waals surface area (Å²) in [6.07, 6.45) is 5.08. The minimum Gasteiger partial charge on any atom is -0.870 e. The summed E-state index contributed by atoms with van der Waals surface area (Å²) in [5.74, 6) is 0. The maximum atomic E-state index is 3.67. The number of aromatic amines is 1. The summed E-state index contributed by atoms with van der Waals surface area (Å²) in [6.45, 7) is 0. The fourth-order valence-corrected chi connectivity index (χ4v) is 0.215. The predicted octanol–water partition coefficient (Wildman–Crippen LogP) is -2.18. The number of hydrogen-bond acceptors (Lipinski definition) is 2. The Bertz CT molecular complexity index is 88.0. The number of nitrogens with one attached hydrogen (secondary N) is 1. The number of rotatable bonds is 0. The standard InChI is InChI=1S/C3H4N2.Bi.Co.Na.3H2O.W/c1-2-5-3-4-1;;;;;;;/h1-3H,(H,4,5);;;;3*1H2;/p-1. The molecule has 9 heteroatoms. The molecule has 0 unspecified atom stereocenters. The number of hydrogen-bond donors (Lipinski definition) is 1. The average Bonchev–Trinajstić information content (AvgIpc) is 1.76. The largest absolute Gasteiger partial charge is 0.870 e. The average molecular weight is 596 g/mol. The maximum Gasteiger partial charge on any atom is 0.0919 e. The Morgan fingerprint density at radius 1 is 1.17 bits per heavy atom. The van der Waals surface area contributed by atoms with E-state index in [1.807, 2.05) is 0 Å². The third-order valence-corrected chi connectivity index (χ3v) is 0.406. The molecule has 0 aliphatic heterocycles. The number of nitrogens with zero attached hydrogens (tertiary/aromatic N) is 1. The summed E-state index contributed by atoms with van der Waals surface area (Å²) in [5, 5.41) is 0. The molecule has 0 aliphatic carbocycles. The van der Waals surface area contributed by atoms with Gasteiger partial charge in [0.15, 0.2) is 0 Å². The minimum atomic E-state index is 0. The molecule has 12 heavy (non-hydrogen) atoms. The SMILES string of the molecule is O.O.[Bi].[Co].[Na].[OH-].[W].c1c[nH]cn1. The van der Waals surface area contributed by atoms with Crippen molar-refractivity contribution in [3.05, 3.63) is 18.7 Å². The topological polar surface area (TPSA) is 122 Å². The Balaban J connectivity index is -0.00000000714. The molecule has 0 amide bonds. The van der Waals surface area contributed by atoms with E-state index in [2.05, 4.69) is 9.97 Å². The summed E-state index contributed by atoms with van der Waals surface area (Å²) < 4.78 is 0. The first-order chi connectivity index (χ1) is 2.50. The van der Waals surface area contributed by atoms with Crippen LogP contribution in [-0.4, -0.2) is 82.2 Å². The van der Waals surface area contributed by atoms with Crippen molar-refractivity contribution in [2.24, 2.45) is 0 Å². The normalized spacial score (nSPS) is 3.33. The molecule has 6 N–H and O–H groups in total. The molecule has 1 rings (SSSR count). The van der Waals surface area contributed by atoms with Crippen LogP contribution in [0.25, 0.3) is 0 Å². The monoisotopic (exact) mass is 596 g/mol. The molecule has 0 spiro atoms. The van der Waals surface area contributed by atoms with Crippen molar-refractivity contribution in [3.63, 3.8) is 0 Å². The van der Waals surface area contributed by atoms with Crippen molar-refractivity contribution in [1.29, 1.82) is 0 Å². The number of imidazole rings is 1. The van der Waals surface area contributed by atoms with Gasteiger partial charge in [-0.2, -0.15) is 0 Å². The molecule has 0 aromatic carbocycles. The van der Waals surface area contributed by atoms with Gasteiger partial charge in [0.1, 0.15) is 0 Å². The van der Waals surface area contributed by atoms with E-state index in [4.69, 9.17) is 0 Å². The molecule has 1 heterocycles. The zero-order chi connectivity index (χ0) is 3.54. The van der Waals surface area contributed by atoms with E-state index in [-0.39, 0.29) is 110 Å². The van der Waals surface area contributed by atoms with Crippen LogP contribution < -0.4 is 0 Å². The quantitative estimate of drug-likeness (QED) is 0.343. The molecule has 0 atom stereocenters. The molecule has 0 bridgehead atoms. The van der Waals surface area contributed by atoms with Crippen molar-refractivity contribution >= 4 is 55.8 Å². The molecule has 0 saturated carbocycles. The Labute approximate surface area is 137 Å². The van der Waals surface area contributed by atoms with Crippen molar-refractivity contribution in [2.45, 2.75) is 0 Å². The van der Waals surface area contributed by atoms with Crippen LogP contribution >= 0.6 is 0 Å². The van der Waals surface area contributed by atoms with Crippen LogP contribution in [0.3, 0.4) is 0 Å². The van der Waals surface area contributed by atoms with E-state index in [0.29, 0.717) is 0 Å². The van der Waals surface area contributed by atoms with Crippen LogP contribution in [0.15, 0.2) is 18.7 Å². The van der Waals surface area contributed by atoms with E-state index in [9.17, 15) is 0 Å². The second kappa shape index (κ2) is 37.9. The summed E-state index contributed by atoms with van der Waals surface area (Å²) in [4.78, 5) is 6.42. The second-order valence-electron chi connectivity index (χ2n) is 0.761. The Morgan fingerprint density at radius 2 is 1.58 bits per heavy atom. The molecule has 0 fully saturated rings. The van der Waals surface area contributed by atoms with Crippen LogP contribution in [0.2, 0.25) is 0 Å². The van der Waals surface area contributed by atoms with Crippen LogP contribution in [0.4, 0.5) is 0 Å². The summed E-state index contributed by atoms with van der Waals surface area (Å²) >= 11 is 0. The Kier molecular flexibility index (Phi) is 151. The zero-order valence-electron chi connectivity index (χ0n) is 6.32. The van der Waals surface area contributed by atoms with E-state index in [0.717, 1.165) is 0 Å². The summed E-state index contributed by atoms with van der Waals surface area (Å²) in [5.41, 5.74) is 0. The predicted molar refractivity (Wildman–Crippen MR) is 39.3 cm³/mol.